The summed E-state index contributed by atoms with van der Waals surface area (Å²) in [5.74, 6) is 0.256. The molecule has 1 rings (SSSR count). The van der Waals surface area contributed by atoms with Crippen LogP contribution in [0.4, 0.5) is 0 Å². The van der Waals surface area contributed by atoms with Crippen molar-refractivity contribution in [3.63, 3.8) is 0 Å². The lowest BCUT2D eigenvalue weighted by molar-refractivity contribution is -0.126. The molecule has 16 heavy (non-hydrogen) atoms. The van der Waals surface area contributed by atoms with E-state index in [0.717, 1.165) is 11.3 Å². The molecule has 3 nitrogen and oxygen atoms in total. The monoisotopic (exact) mass is 242 g/mol. The molecule has 0 amide bonds. The van der Waals surface area contributed by atoms with Gasteiger partial charge in [-0.15, -0.1) is 0 Å². The largest absolute Gasteiger partial charge is 0.299 e. The lowest BCUT2D eigenvalue weighted by Gasteiger charge is -2.16. The second kappa shape index (κ2) is 4.58. The van der Waals surface area contributed by atoms with E-state index < -0.39 is 0 Å². The highest BCUT2D eigenvalue weighted by atomic mass is 35.5. The van der Waals surface area contributed by atoms with E-state index in [2.05, 4.69) is 5.10 Å². The van der Waals surface area contributed by atoms with Crippen LogP contribution in [-0.2, 0) is 18.3 Å². The van der Waals surface area contributed by atoms with E-state index in [1.807, 2.05) is 34.7 Å². The van der Waals surface area contributed by atoms with Gasteiger partial charge in [-0.05, 0) is 13.3 Å². The number of hydrogen-bond acceptors (Lipinski definition) is 2. The van der Waals surface area contributed by atoms with E-state index in [9.17, 15) is 4.79 Å². The number of aryl methyl sites for hydroxylation is 2. The third-order valence-electron chi connectivity index (χ3n) is 2.71. The van der Waals surface area contributed by atoms with E-state index in [0.29, 0.717) is 18.0 Å². The zero-order chi connectivity index (χ0) is 12.5. The van der Waals surface area contributed by atoms with Gasteiger partial charge in [-0.3, -0.25) is 9.48 Å². The summed E-state index contributed by atoms with van der Waals surface area (Å²) in [6.07, 6.45) is 1.20. The predicted octanol–water partition coefficient (Wildman–Crippen LogP) is 2.93. The number of carbonyl (C=O) groups excluding carboxylic acids is 1. The van der Waals surface area contributed by atoms with E-state index in [4.69, 9.17) is 11.6 Å². The first-order valence-electron chi connectivity index (χ1n) is 5.44. The topological polar surface area (TPSA) is 34.9 Å². The van der Waals surface area contributed by atoms with Gasteiger partial charge in [0, 0.05) is 24.4 Å². The molecule has 0 aliphatic heterocycles. The van der Waals surface area contributed by atoms with Crippen LogP contribution in [0.2, 0.25) is 5.15 Å². The van der Waals surface area contributed by atoms with Crippen molar-refractivity contribution in [3.8, 4) is 0 Å². The second-order valence-corrected chi connectivity index (χ2v) is 5.51. The smallest absolute Gasteiger partial charge is 0.138 e. The molecule has 0 aliphatic carbocycles. The fraction of sp³-hybridized carbons (Fsp3) is 0.667. The van der Waals surface area contributed by atoms with Crippen molar-refractivity contribution >= 4 is 17.4 Å². The highest BCUT2D eigenvalue weighted by Gasteiger charge is 2.22. The Bertz CT molecular complexity index is 402. The summed E-state index contributed by atoms with van der Waals surface area (Å²) in [6, 6.07) is 0. The number of hydrogen-bond donors (Lipinski definition) is 0. The normalized spacial score (nSPS) is 11.9. The molecule has 1 heterocycles. The molecule has 0 aromatic carbocycles. The Labute approximate surface area is 102 Å². The van der Waals surface area contributed by atoms with Crippen LogP contribution in [0.3, 0.4) is 0 Å². The van der Waals surface area contributed by atoms with Crippen molar-refractivity contribution in [2.75, 3.05) is 0 Å². The fourth-order valence-corrected chi connectivity index (χ4v) is 1.84. The predicted molar refractivity (Wildman–Crippen MR) is 65.7 cm³/mol. The number of Topliss-reactive ketones (excluding diaryl/α,β-unsaturated/α-hetero) is 1. The van der Waals surface area contributed by atoms with Crippen LogP contribution >= 0.6 is 11.6 Å². The summed E-state index contributed by atoms with van der Waals surface area (Å²) >= 11 is 6.10. The quantitative estimate of drug-likeness (QED) is 0.817. The average molecular weight is 243 g/mol. The Hall–Kier alpha value is -0.830. The lowest BCUT2D eigenvalue weighted by atomic mass is 9.87. The van der Waals surface area contributed by atoms with Gasteiger partial charge < -0.3 is 0 Å². The second-order valence-electron chi connectivity index (χ2n) is 5.15. The maximum absolute atomic E-state index is 11.8. The van der Waals surface area contributed by atoms with E-state index in [1.54, 1.807) is 4.68 Å². The number of aromatic nitrogens is 2. The Morgan fingerprint density at radius 1 is 1.44 bits per heavy atom. The molecular formula is C12H19ClN2O. The van der Waals surface area contributed by atoms with E-state index >= 15 is 0 Å². The molecule has 0 spiro atoms. The molecule has 0 fully saturated rings. The molecular weight excluding hydrogens is 224 g/mol. The Balaban J connectivity index is 2.72. The summed E-state index contributed by atoms with van der Waals surface area (Å²) < 4.78 is 1.65. The van der Waals surface area contributed by atoms with Gasteiger partial charge in [0.25, 0.3) is 0 Å². The molecule has 0 bridgehead atoms. The van der Waals surface area contributed by atoms with Crippen molar-refractivity contribution in [1.29, 1.82) is 0 Å². The van der Waals surface area contributed by atoms with Crippen molar-refractivity contribution in [1.82, 2.24) is 9.78 Å². The number of ketones is 1. The van der Waals surface area contributed by atoms with Crippen LogP contribution in [-0.4, -0.2) is 15.6 Å². The van der Waals surface area contributed by atoms with Gasteiger partial charge in [-0.1, -0.05) is 32.4 Å². The molecule has 0 saturated carbocycles. The summed E-state index contributed by atoms with van der Waals surface area (Å²) in [7, 11) is 1.81. The molecule has 90 valence electrons. The molecule has 1 aromatic rings. The van der Waals surface area contributed by atoms with Crippen molar-refractivity contribution in [3.05, 3.63) is 16.4 Å². The Morgan fingerprint density at radius 2 is 2.00 bits per heavy atom. The van der Waals surface area contributed by atoms with Crippen LogP contribution < -0.4 is 0 Å². The first-order valence-corrected chi connectivity index (χ1v) is 5.82. The molecule has 0 radical (unpaired) electrons. The van der Waals surface area contributed by atoms with Crippen molar-refractivity contribution in [2.45, 2.75) is 40.5 Å². The van der Waals surface area contributed by atoms with Crippen LogP contribution in [0.1, 0.15) is 38.4 Å². The van der Waals surface area contributed by atoms with Gasteiger partial charge in [0.05, 0.1) is 5.69 Å². The highest BCUT2D eigenvalue weighted by molar-refractivity contribution is 6.30. The third-order valence-corrected chi connectivity index (χ3v) is 3.18. The summed E-state index contributed by atoms with van der Waals surface area (Å²) in [4.78, 5) is 11.8. The molecule has 1 aromatic heterocycles. The number of carbonyl (C=O) groups is 1. The van der Waals surface area contributed by atoms with Gasteiger partial charge in [-0.2, -0.15) is 5.10 Å². The van der Waals surface area contributed by atoms with Gasteiger partial charge >= 0.3 is 0 Å². The van der Waals surface area contributed by atoms with Crippen LogP contribution in [0.5, 0.6) is 0 Å². The average Bonchev–Trinajstić information content (AvgIpc) is 2.37. The number of rotatable bonds is 3. The molecule has 0 saturated heterocycles. The minimum absolute atomic E-state index is 0.256. The summed E-state index contributed by atoms with van der Waals surface area (Å²) in [5, 5.41) is 4.86. The first kappa shape index (κ1) is 13.2. The molecule has 0 unspecified atom stereocenters. The summed E-state index contributed by atoms with van der Waals surface area (Å²) in [6.45, 7) is 7.73. The minimum Gasteiger partial charge on any atom is -0.299 e. The molecule has 0 N–H and O–H groups in total. The third kappa shape index (κ3) is 2.85. The Kier molecular flexibility index (Phi) is 3.79. The highest BCUT2D eigenvalue weighted by Crippen LogP contribution is 2.23. The fourth-order valence-electron chi connectivity index (χ4n) is 1.57. The van der Waals surface area contributed by atoms with E-state index in [-0.39, 0.29) is 11.2 Å². The number of halogens is 1. The van der Waals surface area contributed by atoms with Crippen LogP contribution in [0, 0.1) is 12.3 Å². The minimum atomic E-state index is -0.275. The molecule has 0 atom stereocenters. The van der Waals surface area contributed by atoms with Crippen LogP contribution in [0.15, 0.2) is 0 Å². The Morgan fingerprint density at radius 3 is 2.38 bits per heavy atom. The SMILES string of the molecule is Cc1nn(C)c(Cl)c1CCC(=O)C(C)(C)C. The number of nitrogens with zero attached hydrogens (tertiary/aromatic N) is 2. The zero-order valence-corrected chi connectivity index (χ0v) is 11.4. The molecule has 4 heteroatoms. The lowest BCUT2D eigenvalue weighted by Crippen LogP contribution is -2.20. The molecule has 0 aliphatic rings. The van der Waals surface area contributed by atoms with Gasteiger partial charge in [0.1, 0.15) is 10.9 Å². The van der Waals surface area contributed by atoms with Crippen molar-refractivity contribution in [2.24, 2.45) is 12.5 Å². The van der Waals surface area contributed by atoms with Gasteiger partial charge in [-0.25, -0.2) is 0 Å². The van der Waals surface area contributed by atoms with Crippen molar-refractivity contribution < 1.29 is 4.79 Å². The van der Waals surface area contributed by atoms with E-state index in [1.165, 1.54) is 0 Å². The standard InChI is InChI=1S/C12H19ClN2O/c1-8-9(11(13)15(5)14-8)6-7-10(16)12(2,3)4/h6-7H2,1-5H3. The van der Waals surface area contributed by atoms with Crippen LogP contribution in [0.25, 0.3) is 0 Å². The van der Waals surface area contributed by atoms with Gasteiger partial charge in [0.2, 0.25) is 0 Å². The van der Waals surface area contributed by atoms with Gasteiger partial charge in [0.15, 0.2) is 0 Å². The maximum Gasteiger partial charge on any atom is 0.138 e. The first-order chi connectivity index (χ1) is 7.23. The maximum atomic E-state index is 11.8. The zero-order valence-electron chi connectivity index (χ0n) is 10.6. The summed E-state index contributed by atoms with van der Waals surface area (Å²) in [5.41, 5.74) is 1.62.